The van der Waals surface area contributed by atoms with Crippen LogP contribution in [0.15, 0.2) is 77.9 Å². The summed E-state index contributed by atoms with van der Waals surface area (Å²) in [6, 6.07) is 16.4. The molecule has 0 unspecified atom stereocenters. The first-order chi connectivity index (χ1) is 13.3. The van der Waals surface area contributed by atoms with Crippen molar-refractivity contribution in [3.8, 4) is 11.4 Å². The van der Waals surface area contributed by atoms with E-state index < -0.39 is 0 Å². The Hall–Kier alpha value is -3.45. The highest BCUT2D eigenvalue weighted by molar-refractivity contribution is 7.07. The van der Waals surface area contributed by atoms with Gasteiger partial charge in [0.25, 0.3) is 5.91 Å². The fourth-order valence-corrected chi connectivity index (χ4v) is 3.06. The predicted octanol–water partition coefficient (Wildman–Crippen LogP) is 4.16. The van der Waals surface area contributed by atoms with Crippen LogP contribution in [-0.4, -0.2) is 20.7 Å². The number of nitrogens with one attached hydrogen (secondary N) is 1. The van der Waals surface area contributed by atoms with E-state index in [-0.39, 0.29) is 5.91 Å². The molecule has 27 heavy (non-hydrogen) atoms. The van der Waals surface area contributed by atoms with E-state index in [2.05, 4.69) is 15.4 Å². The highest BCUT2D eigenvalue weighted by atomic mass is 32.1. The maximum atomic E-state index is 12.5. The molecule has 0 saturated heterocycles. The normalized spacial score (nSPS) is 10.5. The summed E-state index contributed by atoms with van der Waals surface area (Å²) >= 11 is 1.52. The van der Waals surface area contributed by atoms with Gasteiger partial charge in [-0.05, 0) is 48.5 Å². The first-order valence-corrected chi connectivity index (χ1v) is 9.23. The molecule has 0 aliphatic carbocycles. The van der Waals surface area contributed by atoms with Gasteiger partial charge in [-0.25, -0.2) is 9.67 Å². The van der Waals surface area contributed by atoms with Crippen molar-refractivity contribution >= 4 is 22.9 Å². The number of anilines is 1. The number of aromatic nitrogens is 3. The Kier molecular flexibility index (Phi) is 4.93. The first-order valence-electron chi connectivity index (χ1n) is 8.29. The van der Waals surface area contributed by atoms with Crippen molar-refractivity contribution < 1.29 is 9.53 Å². The van der Waals surface area contributed by atoms with Gasteiger partial charge in [-0.1, -0.05) is 6.07 Å². The number of hydrogen-bond donors (Lipinski definition) is 1. The number of amides is 1. The van der Waals surface area contributed by atoms with Gasteiger partial charge in [-0.3, -0.25) is 4.79 Å². The third-order valence-electron chi connectivity index (χ3n) is 3.86. The van der Waals surface area contributed by atoms with Crippen LogP contribution in [-0.2, 0) is 6.61 Å². The number of rotatable bonds is 6. The Morgan fingerprint density at radius 3 is 2.78 bits per heavy atom. The molecule has 4 rings (SSSR count). The lowest BCUT2D eigenvalue weighted by Crippen LogP contribution is -2.12. The van der Waals surface area contributed by atoms with Gasteiger partial charge in [0, 0.05) is 29.0 Å². The van der Waals surface area contributed by atoms with E-state index in [1.165, 1.54) is 11.3 Å². The molecular weight excluding hydrogens is 360 g/mol. The summed E-state index contributed by atoms with van der Waals surface area (Å²) in [5, 5.41) is 9.01. The summed E-state index contributed by atoms with van der Waals surface area (Å²) in [5.41, 5.74) is 4.80. The third kappa shape index (κ3) is 4.21. The lowest BCUT2D eigenvalue weighted by Gasteiger charge is -2.09. The second-order valence-corrected chi connectivity index (χ2v) is 6.47. The lowest BCUT2D eigenvalue weighted by molar-refractivity contribution is 0.102. The molecule has 2 heterocycles. The monoisotopic (exact) mass is 376 g/mol. The van der Waals surface area contributed by atoms with Crippen LogP contribution >= 0.6 is 11.3 Å². The lowest BCUT2D eigenvalue weighted by atomic mass is 10.2. The fraction of sp³-hybridized carbons (Fsp3) is 0.0500. The molecule has 7 heteroatoms. The Bertz CT molecular complexity index is 1010. The highest BCUT2D eigenvalue weighted by Crippen LogP contribution is 2.18. The molecule has 4 aromatic rings. The first kappa shape index (κ1) is 17.0. The predicted molar refractivity (Wildman–Crippen MR) is 104 cm³/mol. The zero-order valence-electron chi connectivity index (χ0n) is 14.3. The van der Waals surface area contributed by atoms with Gasteiger partial charge in [-0.15, -0.1) is 11.3 Å². The molecular formula is C20H16N4O2S. The number of carbonyl (C=O) groups is 1. The van der Waals surface area contributed by atoms with Gasteiger partial charge in [0.05, 0.1) is 16.9 Å². The minimum absolute atomic E-state index is 0.194. The number of ether oxygens (including phenoxy) is 1. The highest BCUT2D eigenvalue weighted by Gasteiger charge is 2.08. The largest absolute Gasteiger partial charge is 0.487 e. The summed E-state index contributed by atoms with van der Waals surface area (Å²) in [4.78, 5) is 16.7. The average molecular weight is 376 g/mol. The smallest absolute Gasteiger partial charge is 0.255 e. The summed E-state index contributed by atoms with van der Waals surface area (Å²) < 4.78 is 7.46. The van der Waals surface area contributed by atoms with E-state index in [1.807, 2.05) is 48.0 Å². The second kappa shape index (κ2) is 7.84. The van der Waals surface area contributed by atoms with Crippen LogP contribution in [0.2, 0.25) is 0 Å². The Morgan fingerprint density at radius 2 is 2.04 bits per heavy atom. The van der Waals surface area contributed by atoms with Crippen molar-refractivity contribution in [3.05, 3.63) is 89.1 Å². The van der Waals surface area contributed by atoms with Crippen molar-refractivity contribution in [2.45, 2.75) is 6.61 Å². The van der Waals surface area contributed by atoms with Gasteiger partial charge < -0.3 is 10.1 Å². The SMILES string of the molecule is O=C(Nc1ccc(-n2cccn2)cc1)c1cccc(OCc2cscn2)c1. The summed E-state index contributed by atoms with van der Waals surface area (Å²) in [6.07, 6.45) is 3.59. The van der Waals surface area contributed by atoms with Crippen LogP contribution < -0.4 is 10.1 Å². The quantitative estimate of drug-likeness (QED) is 0.549. The van der Waals surface area contributed by atoms with Crippen LogP contribution in [0.4, 0.5) is 5.69 Å². The van der Waals surface area contributed by atoms with E-state index in [0.29, 0.717) is 23.6 Å². The molecule has 0 aliphatic rings. The second-order valence-electron chi connectivity index (χ2n) is 5.75. The molecule has 0 aliphatic heterocycles. The standard InChI is InChI=1S/C20H16N4O2S/c25-20(23-16-5-7-18(8-6-16)24-10-2-9-22-24)15-3-1-4-19(11-15)26-12-17-13-27-14-21-17/h1-11,13-14H,12H2,(H,23,25). The maximum absolute atomic E-state index is 12.5. The molecule has 0 bridgehead atoms. The number of carbonyl (C=O) groups excluding carboxylic acids is 1. The van der Waals surface area contributed by atoms with Crippen LogP contribution in [0.3, 0.4) is 0 Å². The van der Waals surface area contributed by atoms with Crippen LogP contribution in [0.5, 0.6) is 5.75 Å². The van der Waals surface area contributed by atoms with E-state index >= 15 is 0 Å². The molecule has 134 valence electrons. The van der Waals surface area contributed by atoms with Crippen LogP contribution in [0, 0.1) is 0 Å². The molecule has 2 aromatic heterocycles. The topological polar surface area (TPSA) is 69.0 Å². The minimum Gasteiger partial charge on any atom is -0.487 e. The third-order valence-corrected chi connectivity index (χ3v) is 4.50. The zero-order valence-corrected chi connectivity index (χ0v) is 15.1. The zero-order chi connectivity index (χ0) is 18.5. The molecule has 1 N–H and O–H groups in total. The number of nitrogens with zero attached hydrogens (tertiary/aromatic N) is 3. The van der Waals surface area contributed by atoms with Gasteiger partial charge in [0.2, 0.25) is 0 Å². The molecule has 0 radical (unpaired) electrons. The van der Waals surface area contributed by atoms with Gasteiger partial charge in [-0.2, -0.15) is 5.10 Å². The maximum Gasteiger partial charge on any atom is 0.255 e. The van der Waals surface area contributed by atoms with E-state index in [0.717, 1.165) is 11.4 Å². The number of thiazole rings is 1. The minimum atomic E-state index is -0.194. The van der Waals surface area contributed by atoms with Crippen molar-refractivity contribution in [3.63, 3.8) is 0 Å². The molecule has 6 nitrogen and oxygen atoms in total. The average Bonchev–Trinajstić information content (AvgIpc) is 3.41. The molecule has 2 aromatic carbocycles. The Balaban J connectivity index is 1.41. The number of benzene rings is 2. The van der Waals surface area contributed by atoms with Crippen LogP contribution in [0.25, 0.3) is 5.69 Å². The van der Waals surface area contributed by atoms with Gasteiger partial charge >= 0.3 is 0 Å². The van der Waals surface area contributed by atoms with Gasteiger partial charge in [0.1, 0.15) is 12.4 Å². The van der Waals surface area contributed by atoms with E-state index in [9.17, 15) is 4.79 Å². The summed E-state index contributed by atoms with van der Waals surface area (Å²) in [6.45, 7) is 0.378. The fourth-order valence-electron chi connectivity index (χ4n) is 2.52. The van der Waals surface area contributed by atoms with E-state index in [1.54, 1.807) is 34.6 Å². The van der Waals surface area contributed by atoms with Crippen molar-refractivity contribution in [2.24, 2.45) is 0 Å². The Labute approximate surface area is 160 Å². The summed E-state index contributed by atoms with van der Waals surface area (Å²) in [5.74, 6) is 0.436. The summed E-state index contributed by atoms with van der Waals surface area (Å²) in [7, 11) is 0. The molecule has 0 atom stereocenters. The van der Waals surface area contributed by atoms with Crippen LogP contribution in [0.1, 0.15) is 16.1 Å². The van der Waals surface area contributed by atoms with Crippen molar-refractivity contribution in [1.29, 1.82) is 0 Å². The van der Waals surface area contributed by atoms with Crippen molar-refractivity contribution in [1.82, 2.24) is 14.8 Å². The number of hydrogen-bond acceptors (Lipinski definition) is 5. The van der Waals surface area contributed by atoms with Gasteiger partial charge in [0.15, 0.2) is 0 Å². The Morgan fingerprint density at radius 1 is 1.15 bits per heavy atom. The molecule has 0 fully saturated rings. The molecule has 0 saturated carbocycles. The molecule has 1 amide bonds. The van der Waals surface area contributed by atoms with Crippen molar-refractivity contribution in [2.75, 3.05) is 5.32 Å². The molecule has 0 spiro atoms. The van der Waals surface area contributed by atoms with E-state index in [4.69, 9.17) is 4.74 Å².